The number of thiophene rings is 2. The highest BCUT2D eigenvalue weighted by Crippen LogP contribution is 2.51. The molecule has 49 heavy (non-hydrogen) atoms. The Morgan fingerprint density at radius 2 is 0.959 bits per heavy atom. The number of hydrogen-bond acceptors (Lipinski definition) is 5. The zero-order chi connectivity index (χ0) is 32.1. The average Bonchev–Trinajstić information content (AvgIpc) is 3.85. The number of rotatable bonds is 3. The highest BCUT2D eigenvalue weighted by molar-refractivity contribution is 7.27. The van der Waals surface area contributed by atoms with Gasteiger partial charge in [0.25, 0.3) is 0 Å². The van der Waals surface area contributed by atoms with Crippen molar-refractivity contribution in [1.82, 2.24) is 19.5 Å². The normalized spacial score (nSPS) is 12.1. The van der Waals surface area contributed by atoms with Crippen LogP contribution in [0.2, 0.25) is 0 Å². The van der Waals surface area contributed by atoms with Crippen LogP contribution in [0.4, 0.5) is 0 Å². The minimum absolute atomic E-state index is 0.610. The monoisotopic (exact) mass is 660 g/mol. The predicted octanol–water partition coefficient (Wildman–Crippen LogP) is 12.2. The quantitative estimate of drug-likeness (QED) is 0.189. The molecule has 0 fully saturated rings. The molecule has 6 heteroatoms. The third-order valence-electron chi connectivity index (χ3n) is 9.64. The fraction of sp³-hybridized carbons (Fsp3) is 0. The second-order valence-corrected chi connectivity index (χ2v) is 14.5. The summed E-state index contributed by atoms with van der Waals surface area (Å²) in [5.74, 6) is 1.91. The smallest absolute Gasteiger partial charge is 0.238 e. The van der Waals surface area contributed by atoms with Gasteiger partial charge in [0.2, 0.25) is 5.95 Å². The van der Waals surface area contributed by atoms with Gasteiger partial charge in [0.05, 0.1) is 15.7 Å². The van der Waals surface area contributed by atoms with Crippen molar-refractivity contribution < 1.29 is 0 Å². The van der Waals surface area contributed by atoms with Gasteiger partial charge in [-0.15, -0.1) is 22.7 Å². The van der Waals surface area contributed by atoms with Gasteiger partial charge in [0, 0.05) is 62.9 Å². The Morgan fingerprint density at radius 3 is 1.65 bits per heavy atom. The topological polar surface area (TPSA) is 43.6 Å². The molecule has 0 aliphatic carbocycles. The molecule has 0 bridgehead atoms. The Kier molecular flexibility index (Phi) is 5.67. The number of hydrogen-bond donors (Lipinski definition) is 0. The molecule has 7 aromatic carbocycles. The molecule has 11 aromatic rings. The summed E-state index contributed by atoms with van der Waals surface area (Å²) in [4.78, 5) is 15.5. The molecule has 0 saturated heterocycles. The van der Waals surface area contributed by atoms with Gasteiger partial charge in [-0.3, -0.25) is 4.57 Å². The maximum atomic E-state index is 5.24. The fourth-order valence-corrected chi connectivity index (χ4v) is 9.94. The molecule has 0 aliphatic heterocycles. The van der Waals surface area contributed by atoms with Crippen LogP contribution in [0.3, 0.4) is 0 Å². The van der Waals surface area contributed by atoms with Crippen molar-refractivity contribution in [2.45, 2.75) is 0 Å². The highest BCUT2D eigenvalue weighted by atomic mass is 32.1. The molecule has 0 N–H and O–H groups in total. The summed E-state index contributed by atoms with van der Waals surface area (Å²) in [6.07, 6.45) is 0. The number of fused-ring (bicyclic) bond motifs is 14. The van der Waals surface area contributed by atoms with E-state index in [1.807, 2.05) is 59.1 Å². The lowest BCUT2D eigenvalue weighted by molar-refractivity contribution is 0.955. The zero-order valence-electron chi connectivity index (χ0n) is 26.0. The van der Waals surface area contributed by atoms with E-state index in [0.29, 0.717) is 17.6 Å². The van der Waals surface area contributed by atoms with Crippen LogP contribution in [0.1, 0.15) is 0 Å². The lowest BCUT2D eigenvalue weighted by Gasteiger charge is -2.12. The number of benzene rings is 7. The number of para-hydroxylation sites is 1. The van der Waals surface area contributed by atoms with Gasteiger partial charge in [0.1, 0.15) is 0 Å². The maximum absolute atomic E-state index is 5.24. The van der Waals surface area contributed by atoms with Gasteiger partial charge in [-0.25, -0.2) is 4.98 Å². The summed E-state index contributed by atoms with van der Waals surface area (Å²) in [5.41, 5.74) is 4.11. The molecule has 0 saturated carbocycles. The Morgan fingerprint density at radius 1 is 0.388 bits per heavy atom. The summed E-state index contributed by atoms with van der Waals surface area (Å²) in [6, 6.07) is 51.5. The van der Waals surface area contributed by atoms with Crippen molar-refractivity contribution in [1.29, 1.82) is 0 Å². The lowest BCUT2D eigenvalue weighted by atomic mass is 9.95. The Balaban J connectivity index is 1.38. The molecule has 4 heterocycles. The standard InChI is InChI=1S/C43H24N4S2/c1-3-13-25(14-4-1)41-44-42(26-15-5-2-6-16-26)46-43(45-41)47-31-20-10-7-17-27(31)35-30-23-24-34-36(28-18-8-11-21-32(28)48-34)37(30)38-29-19-9-12-22-33(29)49-40(38)39(35)47/h1-24H. The van der Waals surface area contributed by atoms with E-state index in [1.165, 1.54) is 61.9 Å². The average molecular weight is 661 g/mol. The second kappa shape index (κ2) is 10.3. The summed E-state index contributed by atoms with van der Waals surface area (Å²) in [6.45, 7) is 0. The molecule has 0 unspecified atom stereocenters. The Hall–Kier alpha value is -5.95. The summed E-state index contributed by atoms with van der Waals surface area (Å²) in [7, 11) is 0. The van der Waals surface area contributed by atoms with Crippen LogP contribution in [0.15, 0.2) is 146 Å². The van der Waals surface area contributed by atoms with Crippen molar-refractivity contribution in [3.63, 3.8) is 0 Å². The minimum Gasteiger partial charge on any atom is -0.276 e. The molecule has 4 nitrogen and oxygen atoms in total. The molecular weight excluding hydrogens is 637 g/mol. The van der Waals surface area contributed by atoms with Crippen LogP contribution in [-0.2, 0) is 0 Å². The third kappa shape index (κ3) is 3.87. The van der Waals surface area contributed by atoms with E-state index in [2.05, 4.69) is 114 Å². The first-order valence-electron chi connectivity index (χ1n) is 16.3. The molecule has 0 atom stereocenters. The minimum atomic E-state index is 0.610. The van der Waals surface area contributed by atoms with E-state index in [-0.39, 0.29) is 0 Å². The van der Waals surface area contributed by atoms with Crippen LogP contribution in [0.5, 0.6) is 0 Å². The first-order chi connectivity index (χ1) is 24.3. The molecule has 0 spiro atoms. The Bertz CT molecular complexity index is 3040. The van der Waals surface area contributed by atoms with Crippen molar-refractivity contribution in [3.05, 3.63) is 146 Å². The summed E-state index contributed by atoms with van der Waals surface area (Å²) < 4.78 is 7.42. The third-order valence-corrected chi connectivity index (χ3v) is 11.9. The molecule has 11 rings (SSSR count). The molecular formula is C43H24N4S2. The fourth-order valence-electron chi connectivity index (χ4n) is 7.58. The van der Waals surface area contributed by atoms with E-state index in [4.69, 9.17) is 15.0 Å². The molecule has 0 aliphatic rings. The van der Waals surface area contributed by atoms with Crippen LogP contribution in [0, 0.1) is 0 Å². The van der Waals surface area contributed by atoms with Crippen LogP contribution < -0.4 is 0 Å². The van der Waals surface area contributed by atoms with E-state index in [1.54, 1.807) is 0 Å². The van der Waals surface area contributed by atoms with E-state index in [0.717, 1.165) is 22.2 Å². The zero-order valence-corrected chi connectivity index (χ0v) is 27.6. The predicted molar refractivity (Wildman–Crippen MR) is 208 cm³/mol. The van der Waals surface area contributed by atoms with Crippen molar-refractivity contribution in [3.8, 4) is 28.7 Å². The first kappa shape index (κ1) is 27.0. The summed E-state index contributed by atoms with van der Waals surface area (Å²) >= 11 is 3.73. The first-order valence-corrected chi connectivity index (χ1v) is 17.9. The van der Waals surface area contributed by atoms with Crippen LogP contribution >= 0.6 is 22.7 Å². The van der Waals surface area contributed by atoms with Crippen LogP contribution in [-0.4, -0.2) is 19.5 Å². The lowest BCUT2D eigenvalue weighted by Crippen LogP contribution is -2.06. The van der Waals surface area contributed by atoms with Gasteiger partial charge in [-0.2, -0.15) is 9.97 Å². The Labute approximate surface area is 288 Å². The molecule has 228 valence electrons. The largest absolute Gasteiger partial charge is 0.276 e. The van der Waals surface area contributed by atoms with Gasteiger partial charge in [-0.05, 0) is 29.7 Å². The number of aromatic nitrogens is 4. The second-order valence-electron chi connectivity index (χ2n) is 12.4. The van der Waals surface area contributed by atoms with Gasteiger partial charge >= 0.3 is 0 Å². The van der Waals surface area contributed by atoms with Crippen molar-refractivity contribution >= 4 is 95.6 Å². The molecule has 4 aromatic heterocycles. The van der Waals surface area contributed by atoms with E-state index >= 15 is 0 Å². The van der Waals surface area contributed by atoms with Gasteiger partial charge < -0.3 is 0 Å². The highest BCUT2D eigenvalue weighted by Gasteiger charge is 2.25. The van der Waals surface area contributed by atoms with Crippen molar-refractivity contribution in [2.24, 2.45) is 0 Å². The summed E-state index contributed by atoms with van der Waals surface area (Å²) in [5, 5.41) is 10.2. The molecule has 0 radical (unpaired) electrons. The van der Waals surface area contributed by atoms with Crippen LogP contribution in [0.25, 0.3) is 102 Å². The van der Waals surface area contributed by atoms with Gasteiger partial charge in [0.15, 0.2) is 11.6 Å². The van der Waals surface area contributed by atoms with E-state index < -0.39 is 0 Å². The molecule has 0 amide bonds. The van der Waals surface area contributed by atoms with Crippen molar-refractivity contribution in [2.75, 3.05) is 0 Å². The SMILES string of the molecule is c1ccc(-c2nc(-c3ccccc3)nc(-n3c4ccccc4c4c5ccc6sc7ccccc7c6c5c5c6ccccc6sc5c43)n2)cc1. The van der Waals surface area contributed by atoms with Gasteiger partial charge in [-0.1, -0.05) is 121 Å². The van der Waals surface area contributed by atoms with E-state index in [9.17, 15) is 0 Å². The maximum Gasteiger partial charge on any atom is 0.238 e. The number of nitrogens with zero attached hydrogens (tertiary/aromatic N) is 4.